The van der Waals surface area contributed by atoms with Crippen molar-refractivity contribution in [3.05, 3.63) is 24.0 Å². The third-order valence-corrected chi connectivity index (χ3v) is 16.2. The molecule has 0 aromatic rings. The molecule has 0 saturated carbocycles. The van der Waals surface area contributed by atoms with Gasteiger partial charge in [-0.3, -0.25) is 4.90 Å². The number of ether oxygens (including phenoxy) is 1. The van der Waals surface area contributed by atoms with Gasteiger partial charge in [0.1, 0.15) is 7.14 Å². The summed E-state index contributed by atoms with van der Waals surface area (Å²) in [4.78, 5) is 13.8. The Labute approximate surface area is 196 Å². The molecule has 2 aliphatic rings. The summed E-state index contributed by atoms with van der Waals surface area (Å²) >= 11 is 0. The van der Waals surface area contributed by atoms with Crippen molar-refractivity contribution < 1.29 is 18.5 Å². The third kappa shape index (κ3) is 5.60. The Bertz CT molecular complexity index is 781. The van der Waals surface area contributed by atoms with Crippen molar-refractivity contribution in [3.8, 4) is 0 Å². The van der Waals surface area contributed by atoms with E-state index in [2.05, 4.69) is 45.3 Å². The van der Waals surface area contributed by atoms with Crippen molar-refractivity contribution >= 4 is 21.6 Å². The van der Waals surface area contributed by atoms with E-state index in [1.807, 2.05) is 26.8 Å². The van der Waals surface area contributed by atoms with Crippen LogP contribution in [-0.2, 0) is 13.7 Å². The Morgan fingerprint density at radius 3 is 2.41 bits per heavy atom. The molecular weight excluding hydrogens is 439 g/mol. The minimum Gasteiger partial charge on any atom is -0.449 e. The summed E-state index contributed by atoms with van der Waals surface area (Å²) in [7, 11) is -4.39. The van der Waals surface area contributed by atoms with E-state index in [0.717, 1.165) is 25.1 Å². The molecule has 3 unspecified atom stereocenters. The summed E-state index contributed by atoms with van der Waals surface area (Å²) in [5, 5.41) is 3.26. The van der Waals surface area contributed by atoms with Gasteiger partial charge < -0.3 is 19.0 Å². The van der Waals surface area contributed by atoms with Gasteiger partial charge in [0.25, 0.3) is 0 Å². The molecular formula is C24H45N2O4PSi. The topological polar surface area (TPSA) is 67.9 Å². The summed E-state index contributed by atoms with van der Waals surface area (Å²) in [6.07, 6.45) is 8.55. The van der Waals surface area contributed by atoms with E-state index in [-0.39, 0.29) is 17.2 Å². The van der Waals surface area contributed by atoms with Gasteiger partial charge in [-0.05, 0) is 63.2 Å². The monoisotopic (exact) mass is 484 g/mol. The van der Waals surface area contributed by atoms with E-state index in [4.69, 9.17) is 9.16 Å². The Balaban J connectivity index is 2.26. The van der Waals surface area contributed by atoms with Crippen LogP contribution in [0.2, 0.25) is 18.1 Å². The summed E-state index contributed by atoms with van der Waals surface area (Å²) in [6, 6.07) is 0.221. The maximum atomic E-state index is 14.1. The fourth-order valence-electron chi connectivity index (χ4n) is 4.57. The molecule has 1 saturated heterocycles. The lowest BCUT2D eigenvalue weighted by Gasteiger charge is -2.41. The van der Waals surface area contributed by atoms with Crippen LogP contribution >= 0.6 is 7.14 Å². The first-order chi connectivity index (χ1) is 14.7. The van der Waals surface area contributed by atoms with Gasteiger partial charge in [-0.15, -0.1) is 0 Å². The number of amides is 1. The van der Waals surface area contributed by atoms with Crippen LogP contribution in [0.5, 0.6) is 0 Å². The lowest BCUT2D eigenvalue weighted by Crippen LogP contribution is -2.44. The molecule has 32 heavy (non-hydrogen) atoms. The summed E-state index contributed by atoms with van der Waals surface area (Å²) in [5.74, 6) is 0. The molecule has 0 bridgehead atoms. The minimum absolute atomic E-state index is 0.176. The van der Waals surface area contributed by atoms with Gasteiger partial charge in [-0.25, -0.2) is 4.79 Å². The lowest BCUT2D eigenvalue weighted by molar-refractivity contribution is 0.130. The highest BCUT2D eigenvalue weighted by Crippen LogP contribution is 2.62. The van der Waals surface area contributed by atoms with E-state index in [1.54, 1.807) is 13.1 Å². The maximum Gasteiger partial charge on any atom is 0.418 e. The smallest absolute Gasteiger partial charge is 0.418 e. The number of carbonyl (C=O) groups excluding carboxylic acids is 1. The second kappa shape index (κ2) is 10.2. The number of hydrogen-bond acceptors (Lipinski definition) is 5. The number of hydrogen-bond donors (Lipinski definition) is 1. The largest absolute Gasteiger partial charge is 0.449 e. The van der Waals surface area contributed by atoms with Crippen LogP contribution in [-0.4, -0.2) is 62.1 Å². The van der Waals surface area contributed by atoms with E-state index in [1.165, 1.54) is 4.90 Å². The summed E-state index contributed by atoms with van der Waals surface area (Å²) < 4.78 is 26.0. The molecule has 2 aliphatic heterocycles. The summed E-state index contributed by atoms with van der Waals surface area (Å²) in [6.45, 7) is 20.3. The summed E-state index contributed by atoms with van der Waals surface area (Å²) in [5.41, 5.74) is 0.778. The predicted molar refractivity (Wildman–Crippen MR) is 136 cm³/mol. The Kier molecular flexibility index (Phi) is 8.69. The second-order valence-electron chi connectivity index (χ2n) is 10.7. The number of rotatable bonds is 8. The van der Waals surface area contributed by atoms with Crippen molar-refractivity contribution in [2.75, 3.05) is 25.5 Å². The van der Waals surface area contributed by atoms with Crippen LogP contribution in [0.3, 0.4) is 0 Å². The quantitative estimate of drug-likeness (QED) is 0.330. The van der Waals surface area contributed by atoms with Crippen molar-refractivity contribution in [2.24, 2.45) is 0 Å². The van der Waals surface area contributed by atoms with Gasteiger partial charge in [0.05, 0.1) is 17.9 Å². The molecule has 0 radical (unpaired) electrons. The molecule has 1 fully saturated rings. The zero-order chi connectivity index (χ0) is 24.4. The fourth-order valence-corrected chi connectivity index (χ4v) is 8.88. The van der Waals surface area contributed by atoms with Crippen molar-refractivity contribution in [2.45, 2.75) is 96.7 Å². The molecule has 0 spiro atoms. The first-order valence-corrected chi connectivity index (χ1v) is 17.1. The van der Waals surface area contributed by atoms with Gasteiger partial charge >= 0.3 is 6.09 Å². The van der Waals surface area contributed by atoms with Crippen molar-refractivity contribution in [1.82, 2.24) is 10.2 Å². The van der Waals surface area contributed by atoms with Gasteiger partial charge in [0.15, 0.2) is 8.32 Å². The van der Waals surface area contributed by atoms with Gasteiger partial charge in [0, 0.05) is 24.5 Å². The molecule has 2 heterocycles. The van der Waals surface area contributed by atoms with Crippen LogP contribution in [0.25, 0.3) is 0 Å². The van der Waals surface area contributed by atoms with E-state index in [0.29, 0.717) is 18.9 Å². The van der Waals surface area contributed by atoms with Crippen LogP contribution in [0, 0.1) is 0 Å². The highest BCUT2D eigenvalue weighted by atomic mass is 31.2. The predicted octanol–water partition coefficient (Wildman–Crippen LogP) is 6.16. The Morgan fingerprint density at radius 1 is 1.28 bits per heavy atom. The van der Waals surface area contributed by atoms with Crippen LogP contribution in [0.1, 0.15) is 61.3 Å². The van der Waals surface area contributed by atoms with Gasteiger partial charge in [-0.1, -0.05) is 40.7 Å². The van der Waals surface area contributed by atoms with Crippen LogP contribution in [0.4, 0.5) is 4.79 Å². The molecule has 0 aromatic heterocycles. The van der Waals surface area contributed by atoms with E-state index < -0.39 is 26.7 Å². The molecule has 8 heteroatoms. The molecule has 3 atom stereocenters. The third-order valence-electron chi connectivity index (χ3n) is 7.62. The average molecular weight is 485 g/mol. The molecule has 6 nitrogen and oxygen atoms in total. The molecule has 1 N–H and O–H groups in total. The molecule has 0 aromatic carbocycles. The molecule has 0 aliphatic carbocycles. The number of allylic oxidation sites excluding steroid dienone is 3. The Hall–Kier alpha value is -0.883. The normalized spacial score (nSPS) is 26.9. The Morgan fingerprint density at radius 2 is 1.91 bits per heavy atom. The minimum atomic E-state index is -2.55. The van der Waals surface area contributed by atoms with E-state index in [9.17, 15) is 9.36 Å². The standard InChI is InChI=1S/C24H45N2O4PSi/c1-10-29-22(27)26-14-13-24(16-19(26)4,31(28,11-2)12-3)17-20-15-21(18-25-20)30-32(8,9)23(5,6)7/h13-14,16,20-21,25H,10-12,15,17-18H2,1-9H3. The maximum absolute atomic E-state index is 14.1. The molecule has 2 rings (SSSR count). The van der Waals surface area contributed by atoms with Crippen molar-refractivity contribution in [3.63, 3.8) is 0 Å². The number of nitrogens with zero attached hydrogens (tertiary/aromatic N) is 1. The SMILES string of the molecule is CCOC(=O)N1C=CC(CC2CC(O[Si](C)(C)C(C)(C)C)CN2)(P(=O)(CC)CC)C=C1C. The molecule has 1 amide bonds. The molecule has 184 valence electrons. The van der Waals surface area contributed by atoms with Gasteiger partial charge in [-0.2, -0.15) is 0 Å². The zero-order valence-electron chi connectivity index (χ0n) is 21.7. The van der Waals surface area contributed by atoms with Crippen molar-refractivity contribution in [1.29, 1.82) is 0 Å². The fraction of sp³-hybridized carbons (Fsp3) is 0.792. The second-order valence-corrected chi connectivity index (χ2v) is 19.4. The first-order valence-electron chi connectivity index (χ1n) is 12.1. The first kappa shape index (κ1) is 27.4. The van der Waals surface area contributed by atoms with Crippen LogP contribution in [0.15, 0.2) is 24.0 Å². The number of nitrogens with one attached hydrogen (secondary N) is 1. The van der Waals surface area contributed by atoms with E-state index >= 15 is 0 Å². The lowest BCUT2D eigenvalue weighted by atomic mass is 9.94. The highest BCUT2D eigenvalue weighted by Gasteiger charge is 2.47. The zero-order valence-corrected chi connectivity index (χ0v) is 23.6. The van der Waals surface area contributed by atoms with Gasteiger partial charge in [0.2, 0.25) is 0 Å². The number of carbonyl (C=O) groups is 1. The average Bonchev–Trinajstić information content (AvgIpc) is 3.12. The highest BCUT2D eigenvalue weighted by molar-refractivity contribution is 7.65. The van der Waals surface area contributed by atoms with Crippen LogP contribution < -0.4 is 5.32 Å².